The van der Waals surface area contributed by atoms with Crippen LogP contribution in [0.4, 0.5) is 10.2 Å². The van der Waals surface area contributed by atoms with E-state index in [9.17, 15) is 18.8 Å². The Labute approximate surface area is 151 Å². The molecule has 1 unspecified atom stereocenters. The van der Waals surface area contributed by atoms with Gasteiger partial charge in [-0.3, -0.25) is 19.6 Å². The van der Waals surface area contributed by atoms with Crippen LogP contribution in [0.3, 0.4) is 0 Å². The smallest absolute Gasteiger partial charge is 0.327 e. The fourth-order valence-electron chi connectivity index (χ4n) is 3.87. The molecule has 27 heavy (non-hydrogen) atoms. The highest BCUT2D eigenvalue weighted by molar-refractivity contribution is 6.23. The molecule has 0 bridgehead atoms. The number of carbonyl (C=O) groups excluding carboxylic acids is 1. The van der Waals surface area contributed by atoms with E-state index in [1.165, 1.54) is 18.2 Å². The Balaban J connectivity index is 1.86. The summed E-state index contributed by atoms with van der Waals surface area (Å²) in [4.78, 5) is 42.2. The predicted octanol–water partition coefficient (Wildman–Crippen LogP) is 2.37. The number of aromatic nitrogens is 2. The lowest BCUT2D eigenvalue weighted by Crippen LogP contribution is -2.33. The molecule has 2 aliphatic rings. The van der Waals surface area contributed by atoms with Crippen molar-refractivity contribution in [2.45, 2.75) is 5.92 Å². The normalized spacial score (nSPS) is 17.2. The lowest BCUT2D eigenvalue weighted by Gasteiger charge is -2.27. The van der Waals surface area contributed by atoms with Gasteiger partial charge in [0.25, 0.3) is 5.56 Å². The van der Waals surface area contributed by atoms with Crippen LogP contribution in [0.25, 0.3) is 5.70 Å². The minimum absolute atomic E-state index is 0.181. The predicted molar refractivity (Wildman–Crippen MR) is 97.2 cm³/mol. The second kappa shape index (κ2) is 5.38. The molecule has 0 spiro atoms. The first-order chi connectivity index (χ1) is 13.0. The molecule has 132 valence electrons. The number of halogens is 1. The number of carbonyl (C=O) groups is 1. The van der Waals surface area contributed by atoms with Crippen molar-refractivity contribution < 1.29 is 9.18 Å². The van der Waals surface area contributed by atoms with Crippen LogP contribution in [-0.4, -0.2) is 15.8 Å². The Hall–Kier alpha value is -3.74. The number of hydrogen-bond donors (Lipinski definition) is 3. The highest BCUT2D eigenvalue weighted by Gasteiger charge is 2.41. The maximum atomic E-state index is 13.9. The second-order valence-corrected chi connectivity index (χ2v) is 6.47. The van der Waals surface area contributed by atoms with E-state index in [4.69, 9.17) is 0 Å². The molecule has 0 saturated carbocycles. The average molecular weight is 361 g/mol. The zero-order chi connectivity index (χ0) is 18.7. The molecule has 5 rings (SSSR count). The van der Waals surface area contributed by atoms with Crippen LogP contribution in [-0.2, 0) is 0 Å². The quantitative estimate of drug-likeness (QED) is 0.620. The molecule has 1 atom stereocenters. The van der Waals surface area contributed by atoms with Crippen molar-refractivity contribution in [1.29, 1.82) is 0 Å². The van der Waals surface area contributed by atoms with Gasteiger partial charge in [-0.15, -0.1) is 0 Å². The summed E-state index contributed by atoms with van der Waals surface area (Å²) in [6, 6.07) is 12.8. The molecule has 0 fully saturated rings. The first-order valence-corrected chi connectivity index (χ1v) is 8.32. The summed E-state index contributed by atoms with van der Waals surface area (Å²) in [7, 11) is 0. The molecule has 6 nitrogen and oxygen atoms in total. The Morgan fingerprint density at radius 3 is 2.44 bits per heavy atom. The molecule has 7 heteroatoms. The van der Waals surface area contributed by atoms with Gasteiger partial charge in [-0.25, -0.2) is 9.18 Å². The highest BCUT2D eigenvalue weighted by Crippen LogP contribution is 2.47. The van der Waals surface area contributed by atoms with Gasteiger partial charge in [0.15, 0.2) is 5.78 Å². The van der Waals surface area contributed by atoms with Crippen LogP contribution in [0, 0.1) is 5.82 Å². The van der Waals surface area contributed by atoms with E-state index in [0.29, 0.717) is 28.0 Å². The summed E-state index contributed by atoms with van der Waals surface area (Å²) in [5, 5.41) is 3.03. The third kappa shape index (κ3) is 2.15. The van der Waals surface area contributed by atoms with Gasteiger partial charge in [0, 0.05) is 22.6 Å². The van der Waals surface area contributed by atoms with E-state index < -0.39 is 23.0 Å². The monoisotopic (exact) mass is 361 g/mol. The number of aromatic amines is 2. The summed E-state index contributed by atoms with van der Waals surface area (Å²) < 4.78 is 13.9. The van der Waals surface area contributed by atoms with Gasteiger partial charge in [0.1, 0.15) is 11.6 Å². The molecule has 0 saturated heterocycles. The summed E-state index contributed by atoms with van der Waals surface area (Å²) in [6.07, 6.45) is 0. The van der Waals surface area contributed by atoms with Crippen molar-refractivity contribution in [1.82, 2.24) is 9.97 Å². The summed E-state index contributed by atoms with van der Waals surface area (Å²) in [5.74, 6) is -1.29. The molecule has 1 aliphatic carbocycles. The zero-order valence-electron chi connectivity index (χ0n) is 13.8. The van der Waals surface area contributed by atoms with Gasteiger partial charge >= 0.3 is 5.69 Å². The van der Waals surface area contributed by atoms with E-state index in [1.54, 1.807) is 30.3 Å². The van der Waals surface area contributed by atoms with Crippen LogP contribution in [0.2, 0.25) is 0 Å². The highest BCUT2D eigenvalue weighted by atomic mass is 19.1. The standard InChI is InChI=1S/C20H12FN3O3/c21-10-5-3-4-9(8-10)13-14-16(11-6-1-2-7-12(11)17(14)25)22-18-15(13)19(26)24-20(27)23-18/h1-8,13H,(H3,22,23,24,26,27). The molecule has 0 radical (unpaired) electrons. The molecule has 2 heterocycles. The minimum Gasteiger partial charge on any atom is -0.340 e. The molecule has 3 N–H and O–H groups in total. The van der Waals surface area contributed by atoms with Gasteiger partial charge < -0.3 is 5.32 Å². The average Bonchev–Trinajstić information content (AvgIpc) is 2.92. The molecule has 2 aromatic carbocycles. The van der Waals surface area contributed by atoms with Crippen LogP contribution >= 0.6 is 0 Å². The Kier molecular flexibility index (Phi) is 3.09. The summed E-state index contributed by atoms with van der Waals surface area (Å²) in [6.45, 7) is 0. The van der Waals surface area contributed by atoms with Gasteiger partial charge in [0.2, 0.25) is 0 Å². The van der Waals surface area contributed by atoms with Gasteiger partial charge in [-0.1, -0.05) is 36.4 Å². The first-order valence-electron chi connectivity index (χ1n) is 8.32. The topological polar surface area (TPSA) is 94.8 Å². The largest absolute Gasteiger partial charge is 0.340 e. The number of ketones is 1. The fraction of sp³-hybridized carbons (Fsp3) is 0.0500. The lowest BCUT2D eigenvalue weighted by atomic mass is 9.81. The molecule has 1 aromatic heterocycles. The summed E-state index contributed by atoms with van der Waals surface area (Å²) in [5.41, 5.74) is 1.44. The Morgan fingerprint density at radius 1 is 0.889 bits per heavy atom. The van der Waals surface area contributed by atoms with Crippen molar-refractivity contribution in [2.75, 3.05) is 5.32 Å². The zero-order valence-corrected chi connectivity index (χ0v) is 13.8. The third-order valence-corrected chi connectivity index (χ3v) is 4.94. The van der Waals surface area contributed by atoms with Crippen LogP contribution in [0.15, 0.2) is 63.7 Å². The number of nitrogens with one attached hydrogen (secondary N) is 3. The SMILES string of the molecule is O=C1C2=C(Nc3[nH]c(=O)[nH]c(=O)c3C2c2cccc(F)c2)c2ccccc21. The van der Waals surface area contributed by atoms with Gasteiger partial charge in [0.05, 0.1) is 11.3 Å². The van der Waals surface area contributed by atoms with E-state index in [1.807, 2.05) is 0 Å². The number of anilines is 1. The number of H-pyrrole nitrogens is 2. The van der Waals surface area contributed by atoms with Gasteiger partial charge in [-0.05, 0) is 17.7 Å². The fourth-order valence-corrected chi connectivity index (χ4v) is 3.87. The Bertz CT molecular complexity index is 1290. The second-order valence-electron chi connectivity index (χ2n) is 6.47. The van der Waals surface area contributed by atoms with Crippen LogP contribution in [0.5, 0.6) is 0 Å². The Morgan fingerprint density at radius 2 is 1.67 bits per heavy atom. The number of Topliss-reactive ketones (excluding diaryl/α,β-unsaturated/α-hetero) is 1. The molecule has 3 aromatic rings. The van der Waals surface area contributed by atoms with Crippen molar-refractivity contribution in [3.05, 3.63) is 103 Å². The minimum atomic E-state index is -0.799. The number of hydrogen-bond acceptors (Lipinski definition) is 4. The molecule has 0 amide bonds. The van der Waals surface area contributed by atoms with Gasteiger partial charge in [-0.2, -0.15) is 0 Å². The number of rotatable bonds is 1. The van der Waals surface area contributed by atoms with Crippen LogP contribution in [0.1, 0.15) is 33.0 Å². The maximum absolute atomic E-state index is 13.9. The maximum Gasteiger partial charge on any atom is 0.327 e. The van der Waals surface area contributed by atoms with Crippen molar-refractivity contribution in [3.63, 3.8) is 0 Å². The van der Waals surface area contributed by atoms with E-state index >= 15 is 0 Å². The summed E-state index contributed by atoms with van der Waals surface area (Å²) >= 11 is 0. The van der Waals surface area contributed by atoms with E-state index in [-0.39, 0.29) is 17.2 Å². The number of fused-ring (bicyclic) bond motifs is 3. The van der Waals surface area contributed by atoms with Crippen LogP contribution < -0.4 is 16.6 Å². The number of benzene rings is 2. The van der Waals surface area contributed by atoms with Crippen molar-refractivity contribution in [3.8, 4) is 0 Å². The molecular weight excluding hydrogens is 349 g/mol. The third-order valence-electron chi connectivity index (χ3n) is 4.94. The van der Waals surface area contributed by atoms with E-state index in [0.717, 1.165) is 0 Å². The van der Waals surface area contributed by atoms with Crippen molar-refractivity contribution >= 4 is 17.3 Å². The first kappa shape index (κ1) is 15.5. The molecular formula is C20H12FN3O3. The number of allylic oxidation sites excluding steroid dienone is 1. The van der Waals surface area contributed by atoms with Crippen molar-refractivity contribution in [2.24, 2.45) is 0 Å². The lowest BCUT2D eigenvalue weighted by molar-refractivity contribution is 0.103. The molecule has 1 aliphatic heterocycles. The van der Waals surface area contributed by atoms with E-state index in [2.05, 4.69) is 15.3 Å².